The van der Waals surface area contributed by atoms with Gasteiger partial charge in [0.05, 0.1) is 0 Å². The summed E-state index contributed by atoms with van der Waals surface area (Å²) in [4.78, 5) is 22.5. The van der Waals surface area contributed by atoms with Crippen molar-refractivity contribution in [1.29, 1.82) is 0 Å². The first-order chi connectivity index (χ1) is 8.65. The van der Waals surface area contributed by atoms with E-state index in [1.807, 2.05) is 0 Å². The zero-order valence-corrected chi connectivity index (χ0v) is 9.45. The molecule has 18 heavy (non-hydrogen) atoms. The Balaban J connectivity index is 2.14. The van der Waals surface area contributed by atoms with Crippen LogP contribution in [0.4, 0.5) is 11.9 Å². The molecule has 0 radical (unpaired) electrons. The Morgan fingerprint density at radius 2 is 2.22 bits per heavy atom. The monoisotopic (exact) mass is 248 g/mol. The molecule has 0 aliphatic heterocycles. The second kappa shape index (κ2) is 5.08. The standard InChI is InChI=1S/C9H12N8O/c10-6(18)2-4-12-8-14-7(11)15-9(16-8)17-5-1-3-13-17/h1,3,5H,2,4H2,(H2,10,18)(H3,11,12,14,15,16). The summed E-state index contributed by atoms with van der Waals surface area (Å²) < 4.78 is 1.46. The number of amides is 1. The molecule has 0 saturated carbocycles. The van der Waals surface area contributed by atoms with Gasteiger partial charge in [0.1, 0.15) is 0 Å². The van der Waals surface area contributed by atoms with Crippen molar-refractivity contribution >= 4 is 17.8 Å². The summed E-state index contributed by atoms with van der Waals surface area (Å²) in [5.41, 5.74) is 10.6. The molecule has 9 nitrogen and oxygen atoms in total. The van der Waals surface area contributed by atoms with Gasteiger partial charge in [-0.3, -0.25) is 4.79 Å². The molecule has 0 aromatic carbocycles. The molecule has 0 atom stereocenters. The van der Waals surface area contributed by atoms with Crippen LogP contribution >= 0.6 is 0 Å². The molecule has 0 spiro atoms. The van der Waals surface area contributed by atoms with E-state index in [1.165, 1.54) is 4.68 Å². The molecule has 0 fully saturated rings. The fourth-order valence-corrected chi connectivity index (χ4v) is 1.25. The van der Waals surface area contributed by atoms with Crippen molar-refractivity contribution in [2.75, 3.05) is 17.6 Å². The normalized spacial score (nSPS) is 10.2. The van der Waals surface area contributed by atoms with Crippen LogP contribution in [0.5, 0.6) is 0 Å². The second-order valence-electron chi connectivity index (χ2n) is 3.41. The molecule has 0 bridgehead atoms. The lowest BCUT2D eigenvalue weighted by atomic mass is 10.4. The van der Waals surface area contributed by atoms with Crippen LogP contribution in [0, 0.1) is 0 Å². The van der Waals surface area contributed by atoms with Gasteiger partial charge < -0.3 is 16.8 Å². The number of anilines is 2. The predicted octanol–water partition coefficient (Wildman–Crippen LogP) is -1.07. The Morgan fingerprint density at radius 3 is 2.89 bits per heavy atom. The lowest BCUT2D eigenvalue weighted by Crippen LogP contribution is -2.18. The van der Waals surface area contributed by atoms with Gasteiger partial charge in [-0.25, -0.2) is 4.68 Å². The van der Waals surface area contributed by atoms with Crippen molar-refractivity contribution < 1.29 is 4.79 Å². The number of aromatic nitrogens is 5. The van der Waals surface area contributed by atoms with Crippen molar-refractivity contribution in [2.24, 2.45) is 5.73 Å². The van der Waals surface area contributed by atoms with Crippen LogP contribution in [0.1, 0.15) is 6.42 Å². The third-order valence-corrected chi connectivity index (χ3v) is 2.00. The number of nitrogens with two attached hydrogens (primary N) is 2. The molecule has 2 aromatic heterocycles. The number of nitrogen functional groups attached to an aromatic ring is 1. The highest BCUT2D eigenvalue weighted by Gasteiger charge is 2.06. The first-order valence-corrected chi connectivity index (χ1v) is 5.19. The average Bonchev–Trinajstić information content (AvgIpc) is 2.81. The predicted molar refractivity (Wildman–Crippen MR) is 63.7 cm³/mol. The fourth-order valence-electron chi connectivity index (χ4n) is 1.25. The average molecular weight is 248 g/mol. The van der Waals surface area contributed by atoms with E-state index in [1.54, 1.807) is 18.5 Å². The fraction of sp³-hybridized carbons (Fsp3) is 0.222. The molecular formula is C9H12N8O. The van der Waals surface area contributed by atoms with Crippen LogP contribution in [0.25, 0.3) is 5.95 Å². The Bertz CT molecular complexity index is 538. The quantitative estimate of drug-likeness (QED) is 0.612. The van der Waals surface area contributed by atoms with Gasteiger partial charge in [0.15, 0.2) is 0 Å². The van der Waals surface area contributed by atoms with E-state index in [0.29, 0.717) is 12.5 Å². The molecule has 5 N–H and O–H groups in total. The number of hydrogen-bond donors (Lipinski definition) is 3. The topological polar surface area (TPSA) is 138 Å². The maximum absolute atomic E-state index is 10.6. The molecule has 1 amide bonds. The highest BCUT2D eigenvalue weighted by Crippen LogP contribution is 2.05. The van der Waals surface area contributed by atoms with E-state index in [2.05, 4.69) is 25.4 Å². The Labute approximate surface area is 102 Å². The first-order valence-electron chi connectivity index (χ1n) is 5.19. The summed E-state index contributed by atoms with van der Waals surface area (Å²) >= 11 is 0. The van der Waals surface area contributed by atoms with Crippen LogP contribution in [-0.2, 0) is 4.79 Å². The Hall–Kier alpha value is -2.71. The van der Waals surface area contributed by atoms with Gasteiger partial charge in [-0.2, -0.15) is 20.1 Å². The largest absolute Gasteiger partial charge is 0.370 e. The number of nitrogens with zero attached hydrogens (tertiary/aromatic N) is 5. The molecule has 0 aliphatic rings. The molecule has 94 valence electrons. The second-order valence-corrected chi connectivity index (χ2v) is 3.41. The molecule has 0 unspecified atom stereocenters. The lowest BCUT2D eigenvalue weighted by molar-refractivity contribution is -0.117. The van der Waals surface area contributed by atoms with Gasteiger partial charge in [0, 0.05) is 25.4 Å². The maximum Gasteiger partial charge on any atom is 0.257 e. The number of rotatable bonds is 5. The molecule has 0 saturated heterocycles. The zero-order valence-electron chi connectivity index (χ0n) is 9.45. The van der Waals surface area contributed by atoms with Gasteiger partial charge >= 0.3 is 0 Å². The Morgan fingerprint density at radius 1 is 1.39 bits per heavy atom. The van der Waals surface area contributed by atoms with Crippen molar-refractivity contribution in [3.63, 3.8) is 0 Å². The van der Waals surface area contributed by atoms with E-state index >= 15 is 0 Å². The van der Waals surface area contributed by atoms with Crippen LogP contribution in [0.3, 0.4) is 0 Å². The first kappa shape index (κ1) is 11.8. The number of carbonyl (C=O) groups excluding carboxylic acids is 1. The minimum atomic E-state index is -0.406. The van der Waals surface area contributed by atoms with Gasteiger partial charge in [0.2, 0.25) is 17.8 Å². The van der Waals surface area contributed by atoms with E-state index in [4.69, 9.17) is 11.5 Å². The molecule has 0 aliphatic carbocycles. The number of nitrogens with one attached hydrogen (secondary N) is 1. The number of primary amides is 1. The van der Waals surface area contributed by atoms with E-state index in [-0.39, 0.29) is 18.3 Å². The minimum absolute atomic E-state index is 0.0667. The van der Waals surface area contributed by atoms with Crippen molar-refractivity contribution in [3.05, 3.63) is 18.5 Å². The third kappa shape index (κ3) is 2.90. The molecule has 2 heterocycles. The summed E-state index contributed by atoms with van der Waals surface area (Å²) in [6.45, 7) is 0.331. The minimum Gasteiger partial charge on any atom is -0.370 e. The molecule has 9 heteroatoms. The van der Waals surface area contributed by atoms with Gasteiger partial charge in [-0.05, 0) is 6.07 Å². The van der Waals surface area contributed by atoms with E-state index in [0.717, 1.165) is 0 Å². The van der Waals surface area contributed by atoms with Crippen LogP contribution in [0.15, 0.2) is 18.5 Å². The van der Waals surface area contributed by atoms with Crippen LogP contribution < -0.4 is 16.8 Å². The highest BCUT2D eigenvalue weighted by molar-refractivity contribution is 5.74. The summed E-state index contributed by atoms with van der Waals surface area (Å²) in [6.07, 6.45) is 3.46. The van der Waals surface area contributed by atoms with E-state index < -0.39 is 5.91 Å². The molecule has 2 aromatic rings. The van der Waals surface area contributed by atoms with E-state index in [9.17, 15) is 4.79 Å². The van der Waals surface area contributed by atoms with Crippen LogP contribution in [0.2, 0.25) is 0 Å². The van der Waals surface area contributed by atoms with Crippen LogP contribution in [-0.4, -0.2) is 37.2 Å². The maximum atomic E-state index is 10.6. The Kier molecular flexibility index (Phi) is 3.32. The number of hydrogen-bond acceptors (Lipinski definition) is 7. The van der Waals surface area contributed by atoms with Gasteiger partial charge in [0.25, 0.3) is 5.95 Å². The van der Waals surface area contributed by atoms with Crippen molar-refractivity contribution in [2.45, 2.75) is 6.42 Å². The summed E-state index contributed by atoms with van der Waals surface area (Å²) in [7, 11) is 0. The third-order valence-electron chi connectivity index (χ3n) is 2.00. The zero-order chi connectivity index (χ0) is 13.0. The number of carbonyl (C=O) groups is 1. The summed E-state index contributed by atoms with van der Waals surface area (Å²) in [5, 5.41) is 6.82. The van der Waals surface area contributed by atoms with Gasteiger partial charge in [-0.15, -0.1) is 0 Å². The molecule has 2 rings (SSSR count). The summed E-state index contributed by atoms with van der Waals surface area (Å²) in [5.74, 6) is 0.234. The highest BCUT2D eigenvalue weighted by atomic mass is 16.1. The summed E-state index contributed by atoms with van der Waals surface area (Å²) in [6, 6.07) is 1.74. The smallest absolute Gasteiger partial charge is 0.257 e. The van der Waals surface area contributed by atoms with Crippen molar-refractivity contribution in [3.8, 4) is 5.95 Å². The molecular weight excluding hydrogens is 236 g/mol. The van der Waals surface area contributed by atoms with Crippen molar-refractivity contribution in [1.82, 2.24) is 24.7 Å². The SMILES string of the molecule is NC(=O)CCNc1nc(N)nc(-n2cccn2)n1. The van der Waals surface area contributed by atoms with Gasteiger partial charge in [-0.1, -0.05) is 0 Å². The lowest BCUT2D eigenvalue weighted by Gasteiger charge is -2.06.